The van der Waals surface area contributed by atoms with Crippen LogP contribution in [0.2, 0.25) is 0 Å². The molecule has 2 aromatic heterocycles. The smallest absolute Gasteiger partial charge is 0.275 e. The average Bonchev–Trinajstić information content (AvgIpc) is 3.27. The lowest BCUT2D eigenvalue weighted by molar-refractivity contribution is 0.244. The Labute approximate surface area is 171 Å². The average molecular weight is 401 g/mol. The van der Waals surface area contributed by atoms with Gasteiger partial charge >= 0.3 is 0 Å². The van der Waals surface area contributed by atoms with Gasteiger partial charge in [-0.25, -0.2) is 9.67 Å². The van der Waals surface area contributed by atoms with Crippen LogP contribution in [0.5, 0.6) is 0 Å². The summed E-state index contributed by atoms with van der Waals surface area (Å²) in [6.45, 7) is 4.09. The second-order valence-corrected chi connectivity index (χ2v) is 8.56. The van der Waals surface area contributed by atoms with E-state index in [4.69, 9.17) is 0 Å². The predicted molar refractivity (Wildman–Crippen MR) is 113 cm³/mol. The van der Waals surface area contributed by atoms with Crippen molar-refractivity contribution in [2.24, 2.45) is 0 Å². The van der Waals surface area contributed by atoms with E-state index in [1.54, 1.807) is 16.0 Å². The molecule has 0 bridgehead atoms. The largest absolute Gasteiger partial charge is 0.295 e. The van der Waals surface area contributed by atoms with E-state index in [1.807, 2.05) is 49.4 Å². The molecule has 0 atom stereocenters. The summed E-state index contributed by atoms with van der Waals surface area (Å²) in [4.78, 5) is 19.8. The quantitative estimate of drug-likeness (QED) is 0.570. The molecule has 0 amide bonds. The maximum atomic E-state index is 13.1. The molecular weight excluding hydrogens is 382 g/mol. The highest BCUT2D eigenvalue weighted by Crippen LogP contribution is 2.25. The Morgan fingerprint density at radius 1 is 1.28 bits per heavy atom. The highest BCUT2D eigenvalue weighted by Gasteiger charge is 2.23. The first kappa shape index (κ1) is 17.9. The van der Waals surface area contributed by atoms with Gasteiger partial charge in [0.15, 0.2) is 0 Å². The molecule has 1 aliphatic heterocycles. The van der Waals surface area contributed by atoms with E-state index in [9.17, 15) is 10.1 Å². The molecule has 0 fully saturated rings. The number of hydrogen-bond acceptors (Lipinski definition) is 5. The number of aryl methyl sites for hydroxylation is 1. The maximum Gasteiger partial charge on any atom is 0.275 e. The molecule has 144 valence electrons. The summed E-state index contributed by atoms with van der Waals surface area (Å²) in [6.07, 6.45) is 0.786. The minimum absolute atomic E-state index is 0.00106. The van der Waals surface area contributed by atoms with E-state index < -0.39 is 0 Å². The number of nitriles is 1. The van der Waals surface area contributed by atoms with Crippen molar-refractivity contribution in [2.75, 3.05) is 6.54 Å². The first-order valence-corrected chi connectivity index (χ1v) is 10.3. The number of aromatic amines is 1. The van der Waals surface area contributed by atoms with Crippen LogP contribution < -0.4 is 5.56 Å². The molecule has 1 aliphatic rings. The number of nitrogens with one attached hydrogen (secondary N) is 1. The molecular formula is C22H19N5OS. The first-order chi connectivity index (χ1) is 14.1. The summed E-state index contributed by atoms with van der Waals surface area (Å²) >= 11 is 1.63. The Hall–Kier alpha value is -3.21. The molecule has 0 radical (unpaired) electrons. The van der Waals surface area contributed by atoms with Crippen molar-refractivity contribution in [1.82, 2.24) is 19.7 Å². The lowest BCUT2D eigenvalue weighted by Gasteiger charge is -2.26. The number of benzene rings is 2. The molecule has 6 nitrogen and oxygen atoms in total. The normalized spacial score (nSPS) is 14.1. The van der Waals surface area contributed by atoms with Crippen LogP contribution in [0.15, 0.2) is 47.3 Å². The van der Waals surface area contributed by atoms with E-state index in [0.717, 1.165) is 50.7 Å². The van der Waals surface area contributed by atoms with Gasteiger partial charge < -0.3 is 0 Å². The zero-order valence-electron chi connectivity index (χ0n) is 16.0. The molecule has 29 heavy (non-hydrogen) atoms. The number of fused-ring (bicyclic) bond motifs is 2. The van der Waals surface area contributed by atoms with Crippen molar-refractivity contribution in [3.8, 4) is 11.8 Å². The first-order valence-electron chi connectivity index (χ1n) is 9.53. The molecule has 0 saturated heterocycles. The van der Waals surface area contributed by atoms with Crippen molar-refractivity contribution in [3.05, 3.63) is 80.2 Å². The predicted octanol–water partition coefficient (Wildman–Crippen LogP) is 3.51. The number of nitrogens with zero attached hydrogens (tertiary/aromatic N) is 4. The Morgan fingerprint density at radius 3 is 3.00 bits per heavy atom. The number of aromatic nitrogens is 3. The van der Waals surface area contributed by atoms with Crippen molar-refractivity contribution < 1.29 is 0 Å². The monoisotopic (exact) mass is 401 g/mol. The molecule has 3 heterocycles. The number of rotatable bonds is 3. The lowest BCUT2D eigenvalue weighted by atomic mass is 10.0. The van der Waals surface area contributed by atoms with Gasteiger partial charge in [0.2, 0.25) is 0 Å². The third-order valence-corrected chi connectivity index (χ3v) is 6.33. The van der Waals surface area contributed by atoms with Gasteiger partial charge in [-0.1, -0.05) is 18.2 Å². The summed E-state index contributed by atoms with van der Waals surface area (Å²) in [5.41, 5.74) is 5.30. The van der Waals surface area contributed by atoms with Crippen LogP contribution in [0.25, 0.3) is 15.9 Å². The van der Waals surface area contributed by atoms with Gasteiger partial charge in [0.05, 0.1) is 38.1 Å². The van der Waals surface area contributed by atoms with E-state index in [2.05, 4.69) is 21.1 Å². The summed E-state index contributed by atoms with van der Waals surface area (Å²) in [6, 6.07) is 15.8. The molecule has 7 heteroatoms. The molecule has 2 aromatic carbocycles. The van der Waals surface area contributed by atoms with Gasteiger partial charge in [-0.3, -0.25) is 14.8 Å². The minimum atomic E-state index is -0.00106. The standard InChI is InChI=1S/C22H19N5OS/c1-14-24-20-7-6-17(10-21(20)29-14)27-22(28)18-13-26(9-8-19(18)25-27)12-16-5-3-2-4-15(16)11-23/h2-7,10,25H,8-9,12-13H2,1H3. The summed E-state index contributed by atoms with van der Waals surface area (Å²) in [5.74, 6) is 0. The van der Waals surface area contributed by atoms with Crippen LogP contribution in [0.3, 0.4) is 0 Å². The third kappa shape index (κ3) is 3.16. The zero-order valence-corrected chi connectivity index (χ0v) is 16.8. The van der Waals surface area contributed by atoms with E-state index in [-0.39, 0.29) is 5.56 Å². The Bertz CT molecular complexity index is 1320. The number of thiazole rings is 1. The van der Waals surface area contributed by atoms with E-state index in [1.165, 1.54) is 0 Å². The highest BCUT2D eigenvalue weighted by atomic mass is 32.1. The van der Waals surface area contributed by atoms with Crippen LogP contribution in [0.1, 0.15) is 27.4 Å². The van der Waals surface area contributed by atoms with Gasteiger partial charge in [0, 0.05) is 31.7 Å². The Morgan fingerprint density at radius 2 is 2.14 bits per heavy atom. The topological polar surface area (TPSA) is 77.7 Å². The van der Waals surface area contributed by atoms with E-state index >= 15 is 0 Å². The fourth-order valence-corrected chi connectivity index (χ4v) is 4.81. The SMILES string of the molecule is Cc1nc2ccc(-n3[nH]c4c(c3=O)CN(Cc3ccccc3C#N)CC4)cc2s1. The van der Waals surface area contributed by atoms with Gasteiger partial charge in [0.1, 0.15) is 0 Å². The molecule has 5 rings (SSSR count). The minimum Gasteiger partial charge on any atom is -0.295 e. The Kier molecular flexibility index (Phi) is 4.31. The second-order valence-electron chi connectivity index (χ2n) is 7.32. The molecule has 0 unspecified atom stereocenters. The summed E-state index contributed by atoms with van der Waals surface area (Å²) < 4.78 is 2.72. The van der Waals surface area contributed by atoms with Crippen LogP contribution in [-0.2, 0) is 19.5 Å². The van der Waals surface area contributed by atoms with Crippen molar-refractivity contribution in [2.45, 2.75) is 26.4 Å². The Balaban J connectivity index is 1.45. The fourth-order valence-electron chi connectivity index (χ4n) is 3.95. The van der Waals surface area contributed by atoms with Crippen molar-refractivity contribution >= 4 is 21.6 Å². The van der Waals surface area contributed by atoms with Gasteiger partial charge in [-0.2, -0.15) is 5.26 Å². The van der Waals surface area contributed by atoms with Crippen molar-refractivity contribution in [3.63, 3.8) is 0 Å². The van der Waals surface area contributed by atoms with Crippen LogP contribution in [0, 0.1) is 18.3 Å². The third-order valence-electron chi connectivity index (χ3n) is 5.40. The number of hydrogen-bond donors (Lipinski definition) is 1. The maximum absolute atomic E-state index is 13.1. The fraction of sp³-hybridized carbons (Fsp3) is 0.227. The van der Waals surface area contributed by atoms with Crippen LogP contribution in [0.4, 0.5) is 0 Å². The summed E-state index contributed by atoms with van der Waals surface area (Å²) in [5, 5.41) is 13.6. The van der Waals surface area contributed by atoms with Crippen LogP contribution >= 0.6 is 11.3 Å². The highest BCUT2D eigenvalue weighted by molar-refractivity contribution is 7.18. The molecule has 1 N–H and O–H groups in total. The zero-order chi connectivity index (χ0) is 20.0. The van der Waals surface area contributed by atoms with Crippen molar-refractivity contribution in [1.29, 1.82) is 5.26 Å². The molecule has 4 aromatic rings. The number of H-pyrrole nitrogens is 1. The summed E-state index contributed by atoms with van der Waals surface area (Å²) in [7, 11) is 0. The molecule has 0 spiro atoms. The van der Waals surface area contributed by atoms with E-state index in [0.29, 0.717) is 18.7 Å². The molecule has 0 saturated carbocycles. The lowest BCUT2D eigenvalue weighted by Crippen LogP contribution is -2.32. The second kappa shape index (κ2) is 6.99. The van der Waals surface area contributed by atoms with Gasteiger partial charge in [-0.15, -0.1) is 11.3 Å². The van der Waals surface area contributed by atoms with Gasteiger partial charge in [0.25, 0.3) is 5.56 Å². The van der Waals surface area contributed by atoms with Crippen LogP contribution in [-0.4, -0.2) is 26.2 Å². The molecule has 0 aliphatic carbocycles. The van der Waals surface area contributed by atoms with Gasteiger partial charge in [-0.05, 0) is 36.8 Å².